The molecule has 0 aromatic heterocycles. The van der Waals surface area contributed by atoms with E-state index in [-0.39, 0.29) is 0 Å². The number of ether oxygens (including phenoxy) is 1. The average molecular weight is 224 g/mol. The fraction of sp³-hybridized carbons (Fsp3) is 0.500. The number of para-hydroxylation sites is 1. The van der Waals surface area contributed by atoms with Gasteiger partial charge in [-0.25, -0.2) is 5.90 Å². The molecule has 1 rings (SSSR count). The highest BCUT2D eigenvalue weighted by atomic mass is 16.6. The number of benzene rings is 1. The van der Waals surface area contributed by atoms with E-state index in [1.807, 2.05) is 26.2 Å². The highest BCUT2D eigenvalue weighted by Gasteiger charge is 2.09. The zero-order chi connectivity index (χ0) is 12.0. The smallest absolute Gasteiger partial charge is 0.126 e. The summed E-state index contributed by atoms with van der Waals surface area (Å²) in [6.45, 7) is 1.36. The average Bonchev–Trinajstić information content (AvgIpc) is 2.25. The van der Waals surface area contributed by atoms with Gasteiger partial charge in [0.25, 0.3) is 0 Å². The van der Waals surface area contributed by atoms with E-state index in [1.54, 1.807) is 7.11 Å². The first-order valence-corrected chi connectivity index (χ1v) is 5.30. The van der Waals surface area contributed by atoms with Crippen LogP contribution in [0.2, 0.25) is 0 Å². The molecule has 0 atom stereocenters. The van der Waals surface area contributed by atoms with Crippen LogP contribution in [0.1, 0.15) is 11.1 Å². The SMILES string of the molecule is COc1c(CCON)cccc1CN(C)C. The van der Waals surface area contributed by atoms with Crippen LogP contribution in [0.25, 0.3) is 0 Å². The second kappa shape index (κ2) is 6.48. The molecule has 0 fully saturated rings. The lowest BCUT2D eigenvalue weighted by Gasteiger charge is -2.16. The van der Waals surface area contributed by atoms with E-state index in [4.69, 9.17) is 10.6 Å². The van der Waals surface area contributed by atoms with Gasteiger partial charge in [0.1, 0.15) is 5.75 Å². The minimum Gasteiger partial charge on any atom is -0.496 e. The Morgan fingerprint density at radius 1 is 1.25 bits per heavy atom. The van der Waals surface area contributed by atoms with Crippen LogP contribution in [0.4, 0.5) is 0 Å². The predicted octanol–water partition coefficient (Wildman–Crippen LogP) is 1.19. The van der Waals surface area contributed by atoms with E-state index in [0.717, 1.165) is 24.3 Å². The normalized spacial score (nSPS) is 10.8. The van der Waals surface area contributed by atoms with Gasteiger partial charge in [-0.1, -0.05) is 18.2 Å². The summed E-state index contributed by atoms with van der Waals surface area (Å²) >= 11 is 0. The van der Waals surface area contributed by atoms with E-state index in [1.165, 1.54) is 5.56 Å². The van der Waals surface area contributed by atoms with Crippen molar-refractivity contribution in [1.82, 2.24) is 4.90 Å². The summed E-state index contributed by atoms with van der Waals surface area (Å²) in [5.74, 6) is 5.98. The van der Waals surface area contributed by atoms with Crippen LogP contribution in [0.5, 0.6) is 5.75 Å². The van der Waals surface area contributed by atoms with Gasteiger partial charge in [-0.05, 0) is 19.7 Å². The number of methoxy groups -OCH3 is 1. The molecule has 0 aliphatic rings. The number of rotatable bonds is 6. The summed E-state index contributed by atoms with van der Waals surface area (Å²) in [5.41, 5.74) is 2.31. The lowest BCUT2D eigenvalue weighted by atomic mass is 10.1. The molecule has 0 spiro atoms. The number of hydrogen-bond acceptors (Lipinski definition) is 4. The van der Waals surface area contributed by atoms with Gasteiger partial charge in [-0.2, -0.15) is 0 Å². The molecule has 0 amide bonds. The van der Waals surface area contributed by atoms with Crippen molar-refractivity contribution in [2.45, 2.75) is 13.0 Å². The minimum atomic E-state index is 0.502. The Balaban J connectivity index is 2.91. The Morgan fingerprint density at radius 2 is 1.94 bits per heavy atom. The van der Waals surface area contributed by atoms with Crippen molar-refractivity contribution < 1.29 is 9.57 Å². The van der Waals surface area contributed by atoms with Gasteiger partial charge in [-0.3, -0.25) is 0 Å². The summed E-state index contributed by atoms with van der Waals surface area (Å²) in [4.78, 5) is 6.71. The third kappa shape index (κ3) is 3.48. The van der Waals surface area contributed by atoms with E-state index in [9.17, 15) is 0 Å². The summed E-state index contributed by atoms with van der Waals surface area (Å²) in [5, 5.41) is 0. The second-order valence-corrected chi connectivity index (χ2v) is 3.97. The first-order valence-electron chi connectivity index (χ1n) is 5.30. The number of nitrogens with zero attached hydrogens (tertiary/aromatic N) is 1. The van der Waals surface area contributed by atoms with Crippen molar-refractivity contribution in [2.24, 2.45) is 5.90 Å². The van der Waals surface area contributed by atoms with Crippen molar-refractivity contribution in [3.05, 3.63) is 29.3 Å². The van der Waals surface area contributed by atoms with Crippen LogP contribution in [0, 0.1) is 0 Å². The molecule has 0 aliphatic heterocycles. The summed E-state index contributed by atoms with van der Waals surface area (Å²) in [7, 11) is 5.77. The Labute approximate surface area is 96.9 Å². The fourth-order valence-electron chi connectivity index (χ4n) is 1.73. The number of nitrogens with two attached hydrogens (primary N) is 1. The maximum Gasteiger partial charge on any atom is 0.126 e. The molecular formula is C12H20N2O2. The zero-order valence-corrected chi connectivity index (χ0v) is 10.2. The number of hydrogen-bond donors (Lipinski definition) is 1. The van der Waals surface area contributed by atoms with Crippen LogP contribution < -0.4 is 10.6 Å². The molecule has 0 bridgehead atoms. The summed E-state index contributed by atoms with van der Waals surface area (Å²) < 4.78 is 5.45. The van der Waals surface area contributed by atoms with E-state index in [0.29, 0.717) is 6.61 Å². The molecule has 1 aromatic rings. The van der Waals surface area contributed by atoms with Crippen molar-refractivity contribution in [3.8, 4) is 5.75 Å². The van der Waals surface area contributed by atoms with Gasteiger partial charge in [0.15, 0.2) is 0 Å². The maximum absolute atomic E-state index is 5.45. The zero-order valence-electron chi connectivity index (χ0n) is 10.2. The Morgan fingerprint density at radius 3 is 2.50 bits per heavy atom. The lowest BCUT2D eigenvalue weighted by Crippen LogP contribution is -2.12. The van der Waals surface area contributed by atoms with Crippen LogP contribution in [0.3, 0.4) is 0 Å². The van der Waals surface area contributed by atoms with Gasteiger partial charge in [0, 0.05) is 18.5 Å². The van der Waals surface area contributed by atoms with E-state index >= 15 is 0 Å². The van der Waals surface area contributed by atoms with Gasteiger partial charge in [0.05, 0.1) is 13.7 Å². The molecule has 0 aliphatic carbocycles. The van der Waals surface area contributed by atoms with Crippen LogP contribution >= 0.6 is 0 Å². The largest absolute Gasteiger partial charge is 0.496 e. The molecule has 0 saturated carbocycles. The minimum absolute atomic E-state index is 0.502. The standard InChI is InChI=1S/C12H20N2O2/c1-14(2)9-11-6-4-5-10(7-8-16-13)12(11)15-3/h4-6H,7-9,13H2,1-3H3. The molecular weight excluding hydrogens is 204 g/mol. The van der Waals surface area contributed by atoms with Gasteiger partial charge in [-0.15, -0.1) is 0 Å². The summed E-state index contributed by atoms with van der Waals surface area (Å²) in [6, 6.07) is 6.15. The predicted molar refractivity (Wildman–Crippen MR) is 64.2 cm³/mol. The quantitative estimate of drug-likeness (QED) is 0.737. The molecule has 16 heavy (non-hydrogen) atoms. The topological polar surface area (TPSA) is 47.7 Å². The highest BCUT2D eigenvalue weighted by Crippen LogP contribution is 2.25. The Kier molecular flexibility index (Phi) is 5.25. The second-order valence-electron chi connectivity index (χ2n) is 3.97. The van der Waals surface area contributed by atoms with Crippen LogP contribution in [-0.2, 0) is 17.8 Å². The summed E-state index contributed by atoms with van der Waals surface area (Å²) in [6.07, 6.45) is 0.765. The molecule has 0 saturated heterocycles. The van der Waals surface area contributed by atoms with Crippen molar-refractivity contribution in [3.63, 3.8) is 0 Å². The molecule has 4 heteroatoms. The molecule has 0 radical (unpaired) electrons. The fourth-order valence-corrected chi connectivity index (χ4v) is 1.73. The first-order chi connectivity index (χ1) is 7.69. The maximum atomic E-state index is 5.45. The first kappa shape index (κ1) is 13.0. The van der Waals surface area contributed by atoms with Crippen LogP contribution in [-0.4, -0.2) is 32.7 Å². The molecule has 0 unspecified atom stereocenters. The molecule has 4 nitrogen and oxygen atoms in total. The van der Waals surface area contributed by atoms with Crippen molar-refractivity contribution in [2.75, 3.05) is 27.8 Å². The molecule has 2 N–H and O–H groups in total. The molecule has 1 aromatic carbocycles. The van der Waals surface area contributed by atoms with Gasteiger partial charge in [0.2, 0.25) is 0 Å². The Hall–Kier alpha value is -1.10. The van der Waals surface area contributed by atoms with Crippen molar-refractivity contribution >= 4 is 0 Å². The van der Waals surface area contributed by atoms with Crippen LogP contribution in [0.15, 0.2) is 18.2 Å². The monoisotopic (exact) mass is 224 g/mol. The van der Waals surface area contributed by atoms with E-state index < -0.39 is 0 Å². The van der Waals surface area contributed by atoms with Gasteiger partial charge < -0.3 is 14.5 Å². The third-order valence-electron chi connectivity index (χ3n) is 2.36. The van der Waals surface area contributed by atoms with Crippen molar-refractivity contribution in [1.29, 1.82) is 0 Å². The Bertz CT molecular complexity index is 327. The van der Waals surface area contributed by atoms with Gasteiger partial charge >= 0.3 is 0 Å². The molecule has 0 heterocycles. The highest BCUT2D eigenvalue weighted by molar-refractivity contribution is 5.41. The third-order valence-corrected chi connectivity index (χ3v) is 2.36. The van der Waals surface area contributed by atoms with E-state index in [2.05, 4.69) is 15.8 Å². The lowest BCUT2D eigenvalue weighted by molar-refractivity contribution is 0.140. The molecule has 90 valence electrons.